The molecule has 0 spiro atoms. The lowest BCUT2D eigenvalue weighted by Gasteiger charge is -2.01. The lowest BCUT2D eigenvalue weighted by molar-refractivity contribution is 0.282. The molecular formula is C12H11N5O. The third-order valence-electron chi connectivity index (χ3n) is 2.80. The number of aromatic nitrogens is 4. The zero-order valence-electron chi connectivity index (χ0n) is 9.46. The van der Waals surface area contributed by atoms with E-state index < -0.39 is 0 Å². The summed E-state index contributed by atoms with van der Waals surface area (Å²) in [6.07, 6.45) is 1.40. The van der Waals surface area contributed by atoms with Crippen molar-refractivity contribution in [2.24, 2.45) is 0 Å². The number of nitrogens with two attached hydrogens (primary N) is 1. The molecule has 6 heteroatoms. The maximum atomic E-state index is 9.01. The molecule has 0 radical (unpaired) electrons. The maximum Gasteiger partial charge on any atom is 0.161 e. The minimum absolute atomic E-state index is 0.0207. The van der Waals surface area contributed by atoms with Crippen LogP contribution in [0.25, 0.3) is 22.3 Å². The maximum absolute atomic E-state index is 9.01. The number of nitrogens with zero attached hydrogens (tertiary/aromatic N) is 3. The van der Waals surface area contributed by atoms with Crippen LogP contribution in [0.1, 0.15) is 5.56 Å². The van der Waals surface area contributed by atoms with Gasteiger partial charge in [-0.25, -0.2) is 9.97 Å². The standard InChI is InChI=1S/C12H11N5O/c13-11-9-10(16-17-12(9)15-6-14-11)8-3-1-7(5-18)2-4-8/h1-4,6,18H,5H2,(H3,13,14,15,16,17). The number of nitrogen functional groups attached to an aromatic ring is 1. The molecule has 0 aliphatic rings. The van der Waals surface area contributed by atoms with Gasteiger partial charge < -0.3 is 10.8 Å². The van der Waals surface area contributed by atoms with Crippen molar-refractivity contribution < 1.29 is 5.11 Å². The van der Waals surface area contributed by atoms with Crippen LogP contribution in [0.5, 0.6) is 0 Å². The predicted octanol–water partition coefficient (Wildman–Crippen LogP) is 1.09. The minimum atomic E-state index is 0.0207. The number of fused-ring (bicyclic) bond motifs is 1. The van der Waals surface area contributed by atoms with E-state index >= 15 is 0 Å². The van der Waals surface area contributed by atoms with E-state index in [1.54, 1.807) is 0 Å². The zero-order chi connectivity index (χ0) is 12.5. The second-order valence-electron chi connectivity index (χ2n) is 3.91. The number of hydrogen-bond donors (Lipinski definition) is 3. The summed E-state index contributed by atoms with van der Waals surface area (Å²) in [5.74, 6) is 0.398. The molecule has 2 aromatic heterocycles. The second-order valence-corrected chi connectivity index (χ2v) is 3.91. The third kappa shape index (κ3) is 1.59. The zero-order valence-corrected chi connectivity index (χ0v) is 9.46. The Kier molecular flexibility index (Phi) is 2.42. The fourth-order valence-corrected chi connectivity index (χ4v) is 1.86. The molecule has 0 aliphatic carbocycles. The van der Waals surface area contributed by atoms with Gasteiger partial charge in [-0.1, -0.05) is 24.3 Å². The van der Waals surface area contributed by atoms with Gasteiger partial charge in [-0.05, 0) is 5.56 Å². The first kappa shape index (κ1) is 10.7. The highest BCUT2D eigenvalue weighted by Crippen LogP contribution is 2.28. The van der Waals surface area contributed by atoms with Crippen molar-refractivity contribution in [3.8, 4) is 11.3 Å². The van der Waals surface area contributed by atoms with Crippen molar-refractivity contribution in [1.29, 1.82) is 0 Å². The predicted molar refractivity (Wildman–Crippen MR) is 67.5 cm³/mol. The van der Waals surface area contributed by atoms with Gasteiger partial charge in [-0.15, -0.1) is 0 Å². The summed E-state index contributed by atoms with van der Waals surface area (Å²) < 4.78 is 0. The number of hydrogen-bond acceptors (Lipinski definition) is 5. The smallest absolute Gasteiger partial charge is 0.161 e. The highest BCUT2D eigenvalue weighted by molar-refractivity contribution is 5.97. The van der Waals surface area contributed by atoms with Crippen molar-refractivity contribution in [1.82, 2.24) is 20.2 Å². The molecule has 3 aromatic rings. The Balaban J connectivity index is 2.18. The third-order valence-corrected chi connectivity index (χ3v) is 2.80. The van der Waals surface area contributed by atoms with Crippen LogP contribution in [0.3, 0.4) is 0 Å². The summed E-state index contributed by atoms with van der Waals surface area (Å²) in [6.45, 7) is 0.0207. The van der Waals surface area contributed by atoms with Gasteiger partial charge in [0.1, 0.15) is 17.8 Å². The van der Waals surface area contributed by atoms with Crippen molar-refractivity contribution in [3.05, 3.63) is 36.2 Å². The van der Waals surface area contributed by atoms with Crippen LogP contribution in [0.15, 0.2) is 30.6 Å². The Bertz CT molecular complexity index is 689. The molecule has 4 N–H and O–H groups in total. The molecular weight excluding hydrogens is 230 g/mol. The monoisotopic (exact) mass is 241 g/mol. The van der Waals surface area contributed by atoms with E-state index in [4.69, 9.17) is 10.8 Å². The van der Waals surface area contributed by atoms with Crippen molar-refractivity contribution in [2.75, 3.05) is 5.73 Å². The van der Waals surface area contributed by atoms with E-state index in [2.05, 4.69) is 20.2 Å². The summed E-state index contributed by atoms with van der Waals surface area (Å²) in [6, 6.07) is 7.45. The largest absolute Gasteiger partial charge is 0.392 e. The van der Waals surface area contributed by atoms with Crippen LogP contribution >= 0.6 is 0 Å². The molecule has 2 heterocycles. The van der Waals surface area contributed by atoms with E-state index in [0.717, 1.165) is 11.1 Å². The molecule has 0 atom stereocenters. The van der Waals surface area contributed by atoms with Crippen LogP contribution in [0.4, 0.5) is 5.82 Å². The SMILES string of the molecule is Nc1ncnc2[nH]nc(-c3ccc(CO)cc3)c12. The Morgan fingerprint density at radius 3 is 2.67 bits per heavy atom. The summed E-state index contributed by atoms with van der Waals surface area (Å²) in [4.78, 5) is 8.04. The molecule has 6 nitrogen and oxygen atoms in total. The number of H-pyrrole nitrogens is 1. The average Bonchev–Trinajstić information content (AvgIpc) is 2.84. The van der Waals surface area contributed by atoms with Crippen LogP contribution in [-0.4, -0.2) is 25.3 Å². The number of rotatable bonds is 2. The number of nitrogens with one attached hydrogen (secondary N) is 1. The molecule has 0 amide bonds. The molecule has 0 bridgehead atoms. The molecule has 90 valence electrons. The summed E-state index contributed by atoms with van der Waals surface area (Å²) in [7, 11) is 0. The van der Waals surface area contributed by atoms with Crippen molar-refractivity contribution >= 4 is 16.9 Å². The van der Waals surface area contributed by atoms with Gasteiger partial charge in [-0.3, -0.25) is 5.10 Å². The van der Waals surface area contributed by atoms with E-state index in [1.807, 2.05) is 24.3 Å². The quantitative estimate of drug-likeness (QED) is 0.623. The highest BCUT2D eigenvalue weighted by Gasteiger charge is 2.12. The summed E-state index contributed by atoms with van der Waals surface area (Å²) >= 11 is 0. The van der Waals surface area contributed by atoms with Gasteiger partial charge in [0.15, 0.2) is 5.65 Å². The molecule has 0 saturated carbocycles. The Morgan fingerprint density at radius 1 is 1.17 bits per heavy atom. The summed E-state index contributed by atoms with van der Waals surface area (Å²) in [5, 5.41) is 16.8. The average molecular weight is 241 g/mol. The molecule has 3 rings (SSSR count). The topological polar surface area (TPSA) is 101 Å². The van der Waals surface area contributed by atoms with Crippen LogP contribution in [0, 0.1) is 0 Å². The van der Waals surface area contributed by atoms with Crippen molar-refractivity contribution in [3.63, 3.8) is 0 Å². The Labute approximate surface area is 103 Å². The fourth-order valence-electron chi connectivity index (χ4n) is 1.86. The van der Waals surface area contributed by atoms with Crippen LogP contribution in [0.2, 0.25) is 0 Å². The first-order valence-corrected chi connectivity index (χ1v) is 5.44. The lowest BCUT2D eigenvalue weighted by Crippen LogP contribution is -1.92. The van der Waals surface area contributed by atoms with Gasteiger partial charge in [0.25, 0.3) is 0 Å². The number of aromatic amines is 1. The van der Waals surface area contributed by atoms with Crippen LogP contribution < -0.4 is 5.73 Å². The van der Waals surface area contributed by atoms with Gasteiger partial charge in [0.2, 0.25) is 0 Å². The first-order valence-electron chi connectivity index (χ1n) is 5.44. The number of benzene rings is 1. The van der Waals surface area contributed by atoms with E-state index in [9.17, 15) is 0 Å². The normalized spacial score (nSPS) is 10.9. The van der Waals surface area contributed by atoms with Crippen molar-refractivity contribution in [2.45, 2.75) is 6.61 Å². The molecule has 18 heavy (non-hydrogen) atoms. The number of aliphatic hydroxyl groups excluding tert-OH is 1. The molecule has 0 fully saturated rings. The number of aliphatic hydroxyl groups is 1. The number of anilines is 1. The molecule has 0 aliphatic heterocycles. The molecule has 0 saturated heterocycles. The summed E-state index contributed by atoms with van der Waals surface area (Å²) in [5.41, 5.74) is 8.93. The van der Waals surface area contributed by atoms with Gasteiger partial charge in [-0.2, -0.15) is 5.10 Å². The second kappa shape index (κ2) is 4.08. The van der Waals surface area contributed by atoms with E-state index in [1.165, 1.54) is 6.33 Å². The minimum Gasteiger partial charge on any atom is -0.392 e. The van der Waals surface area contributed by atoms with Gasteiger partial charge in [0, 0.05) is 5.56 Å². The Hall–Kier alpha value is -2.47. The fraction of sp³-hybridized carbons (Fsp3) is 0.0833. The molecule has 1 aromatic carbocycles. The highest BCUT2D eigenvalue weighted by atomic mass is 16.3. The molecule has 0 unspecified atom stereocenters. The Morgan fingerprint density at radius 2 is 1.94 bits per heavy atom. The van der Waals surface area contributed by atoms with Crippen LogP contribution in [-0.2, 0) is 6.61 Å². The lowest BCUT2D eigenvalue weighted by atomic mass is 10.1. The first-order chi connectivity index (χ1) is 8.79. The van der Waals surface area contributed by atoms with Gasteiger partial charge in [0.05, 0.1) is 12.0 Å². The van der Waals surface area contributed by atoms with E-state index in [0.29, 0.717) is 22.5 Å². The van der Waals surface area contributed by atoms with E-state index in [-0.39, 0.29) is 6.61 Å². The van der Waals surface area contributed by atoms with Gasteiger partial charge >= 0.3 is 0 Å².